The summed E-state index contributed by atoms with van der Waals surface area (Å²) in [7, 11) is 0. The fourth-order valence-corrected chi connectivity index (χ4v) is 3.87. The Labute approximate surface area is 152 Å². The Morgan fingerprint density at radius 1 is 1.08 bits per heavy atom. The number of carbonyl (C=O) groups excluding carboxylic acids is 2. The number of piperidine rings is 1. The van der Waals surface area contributed by atoms with Crippen LogP contribution < -0.4 is 10.6 Å². The second-order valence-corrected chi connectivity index (χ2v) is 7.05. The molecule has 0 bridgehead atoms. The van der Waals surface area contributed by atoms with Gasteiger partial charge in [-0.2, -0.15) is 0 Å². The SMILES string of the molecule is CCCN(C(=O)CNC(=O)CC1CCCCC1)C1CCNCC1.Cl. The van der Waals surface area contributed by atoms with E-state index in [0.717, 1.165) is 38.9 Å². The summed E-state index contributed by atoms with van der Waals surface area (Å²) >= 11 is 0. The average Bonchev–Trinajstić information content (AvgIpc) is 2.59. The van der Waals surface area contributed by atoms with Gasteiger partial charge in [-0.25, -0.2) is 0 Å². The average molecular weight is 360 g/mol. The number of nitrogens with zero attached hydrogens (tertiary/aromatic N) is 1. The van der Waals surface area contributed by atoms with Crippen molar-refractivity contribution in [3.8, 4) is 0 Å². The highest BCUT2D eigenvalue weighted by atomic mass is 35.5. The fraction of sp³-hybridized carbons (Fsp3) is 0.889. The van der Waals surface area contributed by atoms with Gasteiger partial charge in [-0.15, -0.1) is 12.4 Å². The van der Waals surface area contributed by atoms with Gasteiger partial charge in [-0.3, -0.25) is 9.59 Å². The van der Waals surface area contributed by atoms with Crippen LogP contribution in [0, 0.1) is 5.92 Å². The third-order valence-corrected chi connectivity index (χ3v) is 5.17. The van der Waals surface area contributed by atoms with Crippen molar-refractivity contribution >= 4 is 24.2 Å². The molecule has 24 heavy (non-hydrogen) atoms. The van der Waals surface area contributed by atoms with E-state index in [2.05, 4.69) is 17.6 Å². The molecular formula is C18H34ClN3O2. The van der Waals surface area contributed by atoms with Crippen molar-refractivity contribution in [2.24, 2.45) is 5.92 Å². The summed E-state index contributed by atoms with van der Waals surface area (Å²) in [6.07, 6.45) is 9.72. The zero-order valence-electron chi connectivity index (χ0n) is 15.0. The molecule has 0 atom stereocenters. The van der Waals surface area contributed by atoms with Gasteiger partial charge >= 0.3 is 0 Å². The molecular weight excluding hydrogens is 326 g/mol. The molecule has 0 aromatic heterocycles. The largest absolute Gasteiger partial charge is 0.347 e. The summed E-state index contributed by atoms with van der Waals surface area (Å²) in [4.78, 5) is 26.6. The van der Waals surface area contributed by atoms with Crippen molar-refractivity contribution < 1.29 is 9.59 Å². The molecule has 140 valence electrons. The summed E-state index contributed by atoms with van der Waals surface area (Å²) in [5.41, 5.74) is 0. The maximum absolute atomic E-state index is 12.5. The molecule has 1 saturated carbocycles. The molecule has 5 nitrogen and oxygen atoms in total. The van der Waals surface area contributed by atoms with Gasteiger partial charge in [0.25, 0.3) is 0 Å². The lowest BCUT2D eigenvalue weighted by Gasteiger charge is -2.34. The Hall–Kier alpha value is -0.810. The van der Waals surface area contributed by atoms with Crippen molar-refractivity contribution in [3.05, 3.63) is 0 Å². The number of amides is 2. The number of nitrogens with one attached hydrogen (secondary N) is 2. The van der Waals surface area contributed by atoms with Crippen molar-refractivity contribution in [1.29, 1.82) is 0 Å². The van der Waals surface area contributed by atoms with Crippen molar-refractivity contribution in [2.75, 3.05) is 26.2 Å². The van der Waals surface area contributed by atoms with E-state index in [-0.39, 0.29) is 30.8 Å². The van der Waals surface area contributed by atoms with E-state index in [9.17, 15) is 9.59 Å². The first-order valence-corrected chi connectivity index (χ1v) is 9.47. The van der Waals surface area contributed by atoms with E-state index in [1.54, 1.807) is 0 Å². The van der Waals surface area contributed by atoms with Gasteiger partial charge in [0.05, 0.1) is 6.54 Å². The van der Waals surface area contributed by atoms with Crippen LogP contribution in [0.2, 0.25) is 0 Å². The van der Waals surface area contributed by atoms with Crippen LogP contribution in [0.3, 0.4) is 0 Å². The minimum atomic E-state index is 0. The quantitative estimate of drug-likeness (QED) is 0.734. The predicted octanol–water partition coefficient (Wildman–Crippen LogP) is 2.49. The Kier molecular flexibility index (Phi) is 10.3. The molecule has 0 spiro atoms. The number of hydrogen-bond acceptors (Lipinski definition) is 3. The van der Waals surface area contributed by atoms with E-state index in [4.69, 9.17) is 0 Å². The summed E-state index contributed by atoms with van der Waals surface area (Å²) in [6, 6.07) is 0.332. The minimum absolute atomic E-state index is 0. The van der Waals surface area contributed by atoms with Crippen LogP contribution in [0.4, 0.5) is 0 Å². The Morgan fingerprint density at radius 3 is 2.38 bits per heavy atom. The maximum Gasteiger partial charge on any atom is 0.242 e. The normalized spacial score (nSPS) is 19.4. The van der Waals surface area contributed by atoms with Gasteiger partial charge in [0.15, 0.2) is 0 Å². The highest BCUT2D eigenvalue weighted by molar-refractivity contribution is 5.85. The van der Waals surface area contributed by atoms with E-state index in [1.165, 1.54) is 32.1 Å². The summed E-state index contributed by atoms with van der Waals surface area (Å²) in [5.74, 6) is 0.651. The van der Waals surface area contributed by atoms with Gasteiger partial charge < -0.3 is 15.5 Å². The summed E-state index contributed by atoms with van der Waals surface area (Å²) in [5, 5.41) is 6.20. The number of hydrogen-bond donors (Lipinski definition) is 2. The van der Waals surface area contributed by atoms with E-state index in [0.29, 0.717) is 18.4 Å². The number of carbonyl (C=O) groups is 2. The van der Waals surface area contributed by atoms with Gasteiger partial charge in [-0.05, 0) is 51.1 Å². The molecule has 1 saturated heterocycles. The first-order valence-electron chi connectivity index (χ1n) is 9.47. The van der Waals surface area contributed by atoms with Crippen molar-refractivity contribution in [3.63, 3.8) is 0 Å². The van der Waals surface area contributed by atoms with Crippen LogP contribution in [0.15, 0.2) is 0 Å². The summed E-state index contributed by atoms with van der Waals surface area (Å²) < 4.78 is 0. The molecule has 6 heteroatoms. The lowest BCUT2D eigenvalue weighted by molar-refractivity contribution is -0.135. The Morgan fingerprint density at radius 2 is 1.75 bits per heavy atom. The van der Waals surface area contributed by atoms with Crippen LogP contribution in [-0.2, 0) is 9.59 Å². The van der Waals surface area contributed by atoms with Gasteiger partial charge in [0.1, 0.15) is 0 Å². The standard InChI is InChI=1S/C18H33N3O2.ClH/c1-2-12-21(16-8-10-19-11-9-16)18(23)14-20-17(22)13-15-6-4-3-5-7-15;/h15-16,19H,2-14H2,1H3,(H,20,22);1H. The first kappa shape index (κ1) is 21.2. The number of rotatable bonds is 7. The van der Waals surface area contributed by atoms with Crippen LogP contribution >= 0.6 is 12.4 Å². The van der Waals surface area contributed by atoms with Crippen molar-refractivity contribution in [1.82, 2.24) is 15.5 Å². The second-order valence-electron chi connectivity index (χ2n) is 7.05. The monoisotopic (exact) mass is 359 g/mol. The minimum Gasteiger partial charge on any atom is -0.347 e. The molecule has 1 aliphatic carbocycles. The predicted molar refractivity (Wildman–Crippen MR) is 99.3 cm³/mol. The smallest absolute Gasteiger partial charge is 0.242 e. The molecule has 2 aliphatic rings. The van der Waals surface area contributed by atoms with Gasteiger partial charge in [-0.1, -0.05) is 26.2 Å². The molecule has 1 heterocycles. The third kappa shape index (κ3) is 6.98. The first-order chi connectivity index (χ1) is 11.2. The van der Waals surface area contributed by atoms with E-state index in [1.807, 2.05) is 4.90 Å². The second kappa shape index (κ2) is 11.7. The zero-order valence-corrected chi connectivity index (χ0v) is 15.8. The lowest BCUT2D eigenvalue weighted by Crippen LogP contribution is -2.49. The fourth-order valence-electron chi connectivity index (χ4n) is 3.87. The van der Waals surface area contributed by atoms with Crippen LogP contribution in [0.25, 0.3) is 0 Å². The van der Waals surface area contributed by atoms with E-state index >= 15 is 0 Å². The van der Waals surface area contributed by atoms with Crippen LogP contribution in [-0.4, -0.2) is 48.9 Å². The molecule has 2 N–H and O–H groups in total. The highest BCUT2D eigenvalue weighted by Gasteiger charge is 2.25. The zero-order chi connectivity index (χ0) is 16.5. The van der Waals surface area contributed by atoms with E-state index < -0.39 is 0 Å². The molecule has 2 fully saturated rings. The molecule has 1 aliphatic heterocycles. The third-order valence-electron chi connectivity index (χ3n) is 5.17. The molecule has 0 aromatic rings. The van der Waals surface area contributed by atoms with Crippen LogP contribution in [0.5, 0.6) is 0 Å². The molecule has 0 radical (unpaired) electrons. The highest BCUT2D eigenvalue weighted by Crippen LogP contribution is 2.26. The number of halogens is 1. The molecule has 2 amide bonds. The maximum atomic E-state index is 12.5. The topological polar surface area (TPSA) is 61.4 Å². The Balaban J connectivity index is 0.00000288. The molecule has 2 rings (SSSR count). The Bertz CT molecular complexity index is 380. The van der Waals surface area contributed by atoms with Crippen molar-refractivity contribution in [2.45, 2.75) is 70.8 Å². The lowest BCUT2D eigenvalue weighted by atomic mass is 9.87. The van der Waals surface area contributed by atoms with Crippen LogP contribution in [0.1, 0.15) is 64.7 Å². The van der Waals surface area contributed by atoms with Gasteiger partial charge in [0.2, 0.25) is 11.8 Å². The molecule has 0 aromatic carbocycles. The van der Waals surface area contributed by atoms with Gasteiger partial charge in [0, 0.05) is 19.0 Å². The molecule has 0 unspecified atom stereocenters. The summed E-state index contributed by atoms with van der Waals surface area (Å²) in [6.45, 7) is 5.01.